The Hall–Kier alpha value is -2.73. The van der Waals surface area contributed by atoms with Gasteiger partial charge in [0.15, 0.2) is 0 Å². The van der Waals surface area contributed by atoms with Crippen LogP contribution >= 0.6 is 0 Å². The third kappa shape index (κ3) is 3.43. The van der Waals surface area contributed by atoms with E-state index >= 15 is 0 Å². The topological polar surface area (TPSA) is 56.3 Å². The molecule has 3 aromatic rings. The number of carbonyl (C=O) groups is 1. The van der Waals surface area contributed by atoms with Crippen molar-refractivity contribution >= 4 is 16.8 Å². The highest BCUT2D eigenvalue weighted by molar-refractivity contribution is 5.99. The minimum Gasteiger partial charge on any atom is -0.389 e. The number of aryl methyl sites for hydroxylation is 2. The fraction of sp³-hybridized carbons (Fsp3) is 0.400. The quantitative estimate of drug-likeness (QED) is 0.634. The molecule has 2 fully saturated rings. The number of piperidine rings is 1. The predicted octanol–water partition coefficient (Wildman–Crippen LogP) is 4.80. The minimum atomic E-state index is -1.10. The number of hydrogen-bond donors (Lipinski definition) is 2. The lowest BCUT2D eigenvalue weighted by molar-refractivity contribution is -0.0431. The molecule has 0 unspecified atom stereocenters. The number of aromatic amines is 1. The maximum Gasteiger partial charge on any atom is 0.254 e. The van der Waals surface area contributed by atoms with E-state index in [9.17, 15) is 18.7 Å². The Bertz CT molecular complexity index is 1170. The molecule has 5 rings (SSSR count). The number of benzene rings is 2. The Morgan fingerprint density at radius 2 is 1.84 bits per heavy atom. The van der Waals surface area contributed by atoms with Gasteiger partial charge in [-0.15, -0.1) is 0 Å². The smallest absolute Gasteiger partial charge is 0.254 e. The fourth-order valence-electron chi connectivity index (χ4n) is 5.56. The summed E-state index contributed by atoms with van der Waals surface area (Å²) in [6.07, 6.45) is 2.58. The third-order valence-corrected chi connectivity index (χ3v) is 7.18. The molecule has 2 aromatic carbocycles. The van der Waals surface area contributed by atoms with Crippen molar-refractivity contribution in [3.8, 4) is 0 Å². The summed E-state index contributed by atoms with van der Waals surface area (Å²) in [5.41, 5.74) is 3.12. The monoisotopic (exact) mass is 424 g/mol. The molecule has 2 bridgehead atoms. The number of nitrogens with one attached hydrogen (secondary N) is 1. The molecule has 2 aliphatic heterocycles. The van der Waals surface area contributed by atoms with Crippen molar-refractivity contribution < 1.29 is 18.7 Å². The van der Waals surface area contributed by atoms with Gasteiger partial charge < -0.3 is 15.0 Å². The Kier molecular flexibility index (Phi) is 4.66. The van der Waals surface area contributed by atoms with Crippen LogP contribution in [0.1, 0.15) is 52.9 Å². The second kappa shape index (κ2) is 7.16. The van der Waals surface area contributed by atoms with Crippen molar-refractivity contribution in [2.75, 3.05) is 0 Å². The number of carbonyl (C=O) groups excluding carboxylic acids is 1. The van der Waals surface area contributed by atoms with Gasteiger partial charge in [-0.2, -0.15) is 0 Å². The standard InChI is InChI=1S/C25H26F2N2O2/c1-14-15(2)28-23-8-4-16(9-21(14)23)24(30)29-19-6-7-20(29)13-25(31,12-19)11-17-3-5-18(26)10-22(17)27/h3-5,8-10,19-20,28,31H,6-7,11-13H2,1-2H3/t19-,20-/m0/s1. The third-order valence-electron chi connectivity index (χ3n) is 7.18. The van der Waals surface area contributed by atoms with Gasteiger partial charge in [0.05, 0.1) is 5.60 Å². The summed E-state index contributed by atoms with van der Waals surface area (Å²) in [5.74, 6) is -1.27. The van der Waals surface area contributed by atoms with Crippen molar-refractivity contribution in [1.82, 2.24) is 9.88 Å². The number of hydrogen-bond acceptors (Lipinski definition) is 2. The SMILES string of the molecule is Cc1[nH]c2ccc(C(=O)N3[C@H]4CC[C@H]3CC(O)(Cc3ccc(F)cc3F)C4)cc2c1C. The number of aromatic nitrogens is 1. The van der Waals surface area contributed by atoms with Crippen LogP contribution in [0.5, 0.6) is 0 Å². The number of nitrogens with zero attached hydrogens (tertiary/aromatic N) is 1. The van der Waals surface area contributed by atoms with Gasteiger partial charge in [0.1, 0.15) is 11.6 Å². The van der Waals surface area contributed by atoms with Crippen molar-refractivity contribution in [2.45, 2.75) is 63.6 Å². The van der Waals surface area contributed by atoms with Crippen molar-refractivity contribution in [2.24, 2.45) is 0 Å². The van der Waals surface area contributed by atoms with Gasteiger partial charge in [-0.1, -0.05) is 6.07 Å². The second-order valence-corrected chi connectivity index (χ2v) is 9.28. The molecule has 0 spiro atoms. The van der Waals surface area contributed by atoms with Crippen LogP contribution in [0.25, 0.3) is 10.9 Å². The van der Waals surface area contributed by atoms with Crippen LogP contribution in [0.4, 0.5) is 8.78 Å². The molecule has 2 aliphatic rings. The number of halogens is 2. The summed E-state index contributed by atoms with van der Waals surface area (Å²) in [7, 11) is 0. The largest absolute Gasteiger partial charge is 0.389 e. The molecule has 2 N–H and O–H groups in total. The Labute approximate surface area is 179 Å². The van der Waals surface area contributed by atoms with Gasteiger partial charge in [0.2, 0.25) is 0 Å². The normalized spacial score (nSPS) is 25.4. The van der Waals surface area contributed by atoms with Gasteiger partial charge in [-0.25, -0.2) is 8.78 Å². The first-order valence-corrected chi connectivity index (χ1v) is 10.8. The van der Waals surface area contributed by atoms with Gasteiger partial charge in [0, 0.05) is 46.7 Å². The molecule has 0 saturated carbocycles. The molecule has 4 nitrogen and oxygen atoms in total. The first kappa shape index (κ1) is 20.2. The molecule has 1 aromatic heterocycles. The zero-order chi connectivity index (χ0) is 21.9. The van der Waals surface area contributed by atoms with Crippen LogP contribution in [-0.4, -0.2) is 38.6 Å². The molecule has 0 radical (unpaired) electrons. The molecule has 6 heteroatoms. The molecule has 3 heterocycles. The van der Waals surface area contributed by atoms with Crippen LogP contribution in [-0.2, 0) is 6.42 Å². The van der Waals surface area contributed by atoms with E-state index in [4.69, 9.17) is 0 Å². The van der Waals surface area contributed by atoms with E-state index in [1.54, 1.807) is 0 Å². The van der Waals surface area contributed by atoms with E-state index < -0.39 is 17.2 Å². The maximum absolute atomic E-state index is 14.2. The molecule has 31 heavy (non-hydrogen) atoms. The summed E-state index contributed by atoms with van der Waals surface area (Å²) in [6.45, 7) is 4.06. The summed E-state index contributed by atoms with van der Waals surface area (Å²) in [6, 6.07) is 9.07. The lowest BCUT2D eigenvalue weighted by Gasteiger charge is -2.44. The van der Waals surface area contributed by atoms with E-state index in [-0.39, 0.29) is 24.4 Å². The van der Waals surface area contributed by atoms with Crippen molar-refractivity contribution in [3.05, 3.63) is 70.4 Å². The second-order valence-electron chi connectivity index (χ2n) is 9.28. The van der Waals surface area contributed by atoms with Gasteiger partial charge in [-0.05, 0) is 74.9 Å². The minimum absolute atomic E-state index is 0.0114. The molecule has 0 aliphatic carbocycles. The van der Waals surface area contributed by atoms with Gasteiger partial charge in [-0.3, -0.25) is 4.79 Å². The lowest BCUT2D eigenvalue weighted by Crippen LogP contribution is -2.54. The molecule has 162 valence electrons. The first-order valence-electron chi connectivity index (χ1n) is 10.8. The van der Waals surface area contributed by atoms with Crippen LogP contribution in [0.2, 0.25) is 0 Å². The average Bonchev–Trinajstić information content (AvgIpc) is 3.17. The summed E-state index contributed by atoms with van der Waals surface area (Å²) < 4.78 is 27.4. The van der Waals surface area contributed by atoms with Crippen molar-refractivity contribution in [1.29, 1.82) is 0 Å². The molecule has 2 atom stereocenters. The summed E-state index contributed by atoms with van der Waals surface area (Å²) >= 11 is 0. The lowest BCUT2D eigenvalue weighted by atomic mass is 9.81. The Balaban J connectivity index is 1.38. The van der Waals surface area contributed by atoms with Crippen LogP contribution < -0.4 is 0 Å². The number of rotatable bonds is 3. The van der Waals surface area contributed by atoms with E-state index in [2.05, 4.69) is 4.98 Å². The van der Waals surface area contributed by atoms with E-state index in [1.807, 2.05) is 36.9 Å². The average molecular weight is 424 g/mol. The van der Waals surface area contributed by atoms with Gasteiger partial charge in [0.25, 0.3) is 5.91 Å². The molecular weight excluding hydrogens is 398 g/mol. The zero-order valence-electron chi connectivity index (χ0n) is 17.7. The number of fused-ring (bicyclic) bond motifs is 3. The van der Waals surface area contributed by atoms with E-state index in [0.29, 0.717) is 24.0 Å². The van der Waals surface area contributed by atoms with Crippen LogP contribution in [0.3, 0.4) is 0 Å². The number of amides is 1. The van der Waals surface area contributed by atoms with Crippen LogP contribution in [0, 0.1) is 25.5 Å². The maximum atomic E-state index is 14.2. The van der Waals surface area contributed by atoms with E-state index in [0.717, 1.165) is 41.1 Å². The zero-order valence-corrected chi connectivity index (χ0v) is 17.7. The van der Waals surface area contributed by atoms with Gasteiger partial charge >= 0.3 is 0 Å². The number of aliphatic hydroxyl groups is 1. The summed E-state index contributed by atoms with van der Waals surface area (Å²) in [5, 5.41) is 12.3. The van der Waals surface area contributed by atoms with Crippen LogP contribution in [0.15, 0.2) is 36.4 Å². The first-order chi connectivity index (χ1) is 14.7. The number of H-pyrrole nitrogens is 1. The fourth-order valence-corrected chi connectivity index (χ4v) is 5.56. The van der Waals surface area contributed by atoms with E-state index in [1.165, 1.54) is 12.1 Å². The molecular formula is C25H26F2N2O2. The Morgan fingerprint density at radius 1 is 1.13 bits per heavy atom. The Morgan fingerprint density at radius 3 is 2.52 bits per heavy atom. The highest BCUT2D eigenvalue weighted by atomic mass is 19.1. The van der Waals surface area contributed by atoms with Crippen molar-refractivity contribution in [3.63, 3.8) is 0 Å². The molecule has 1 amide bonds. The predicted molar refractivity (Wildman–Crippen MR) is 115 cm³/mol. The summed E-state index contributed by atoms with van der Waals surface area (Å²) in [4.78, 5) is 18.7. The molecule has 2 saturated heterocycles. The highest BCUT2D eigenvalue weighted by Crippen LogP contribution is 2.43. The highest BCUT2D eigenvalue weighted by Gasteiger charge is 2.49.